The predicted molar refractivity (Wildman–Crippen MR) is 191 cm³/mol. The Morgan fingerprint density at radius 2 is 1.40 bits per heavy atom. The van der Waals surface area contributed by atoms with E-state index in [-0.39, 0.29) is 47.6 Å². The highest BCUT2D eigenvalue weighted by molar-refractivity contribution is 7.86. The first-order valence-electron chi connectivity index (χ1n) is 15.6. The van der Waals surface area contributed by atoms with Gasteiger partial charge in [0.1, 0.15) is 11.4 Å². The van der Waals surface area contributed by atoms with Crippen LogP contribution in [0, 0.1) is 0 Å². The van der Waals surface area contributed by atoms with E-state index in [0.29, 0.717) is 17.1 Å². The minimum Gasteiger partial charge on any atom is -0.478 e. The molecule has 2 aliphatic heterocycles. The Bertz CT molecular complexity index is 2390. The summed E-state index contributed by atoms with van der Waals surface area (Å²) in [5, 5.41) is 10.0. The number of benzene rings is 2. The number of fused-ring (bicyclic) bond motifs is 2. The van der Waals surface area contributed by atoms with Gasteiger partial charge in [0.25, 0.3) is 40.5 Å². The lowest BCUT2D eigenvalue weighted by atomic mass is 9.81. The van der Waals surface area contributed by atoms with Crippen LogP contribution in [0.4, 0.5) is 11.4 Å². The number of rotatable bonds is 14. The summed E-state index contributed by atoms with van der Waals surface area (Å²) in [6, 6.07) is 6.23. The van der Waals surface area contributed by atoms with Crippen molar-refractivity contribution in [2.75, 3.05) is 29.5 Å². The van der Waals surface area contributed by atoms with Gasteiger partial charge in [-0.3, -0.25) is 18.2 Å². The zero-order valence-corrected chi connectivity index (χ0v) is 31.7. The van der Waals surface area contributed by atoms with E-state index in [1.807, 2.05) is 0 Å². The van der Waals surface area contributed by atoms with Crippen molar-refractivity contribution in [3.63, 3.8) is 0 Å². The zero-order chi connectivity index (χ0) is 39.2. The molecule has 0 atom stereocenters. The van der Waals surface area contributed by atoms with Crippen molar-refractivity contribution in [3.8, 4) is 0 Å². The van der Waals surface area contributed by atoms with Crippen molar-refractivity contribution >= 4 is 63.5 Å². The van der Waals surface area contributed by atoms with Crippen molar-refractivity contribution < 1.29 is 66.4 Å². The SMILES string of the molecule is CC1(C)C(/C=C/C=C/C=C2/N(CCCS(=O)(=O)O)c3cc(S(=O)(=O)O)cc(C(=O)O)c3C2(C)C)=[N+](CCCS(=O)(=O)O)c2cccc(S(=O)(=O)O)c21. The number of hydrogen-bond donors (Lipinski definition) is 5. The summed E-state index contributed by atoms with van der Waals surface area (Å²) in [5.74, 6) is -2.68. The molecule has 2 aromatic rings. The Hall–Kier alpha value is -3.76. The normalized spacial score (nSPS) is 18.2. The first kappa shape index (κ1) is 41.0. The lowest BCUT2D eigenvalue weighted by molar-refractivity contribution is -0.437. The highest BCUT2D eigenvalue weighted by Crippen LogP contribution is 2.50. The highest BCUT2D eigenvalue weighted by Gasteiger charge is 2.48. The Balaban J connectivity index is 1.80. The van der Waals surface area contributed by atoms with E-state index in [0.717, 1.165) is 12.1 Å². The van der Waals surface area contributed by atoms with Gasteiger partial charge < -0.3 is 10.0 Å². The van der Waals surface area contributed by atoms with Crippen LogP contribution in [-0.2, 0) is 51.3 Å². The van der Waals surface area contributed by atoms with Crippen LogP contribution < -0.4 is 4.90 Å². The molecule has 16 nitrogen and oxygen atoms in total. The van der Waals surface area contributed by atoms with Crippen LogP contribution in [0.2, 0.25) is 0 Å². The number of anilines is 1. The monoisotopic (exact) mass is 803 g/mol. The fourth-order valence-electron chi connectivity index (χ4n) is 6.81. The summed E-state index contributed by atoms with van der Waals surface area (Å²) >= 11 is 0. The molecule has 5 N–H and O–H groups in total. The molecule has 0 radical (unpaired) electrons. The van der Waals surface area contributed by atoms with Gasteiger partial charge >= 0.3 is 5.97 Å². The number of hydrogen-bond acceptors (Lipinski definition) is 10. The molecule has 0 fully saturated rings. The Morgan fingerprint density at radius 1 is 0.788 bits per heavy atom. The molecule has 0 amide bonds. The molecule has 0 saturated heterocycles. The van der Waals surface area contributed by atoms with E-state index in [4.69, 9.17) is 0 Å². The zero-order valence-electron chi connectivity index (χ0n) is 28.5. The fraction of sp³-hybridized carbons (Fsp3) is 0.375. The third kappa shape index (κ3) is 8.71. The van der Waals surface area contributed by atoms with Crippen LogP contribution in [0.1, 0.15) is 62.0 Å². The van der Waals surface area contributed by atoms with Gasteiger partial charge in [0, 0.05) is 47.5 Å². The van der Waals surface area contributed by atoms with Gasteiger partial charge in [-0.2, -0.15) is 38.2 Å². The van der Waals surface area contributed by atoms with Crippen LogP contribution in [0.25, 0.3) is 0 Å². The number of aromatic carboxylic acids is 1. The molecule has 0 unspecified atom stereocenters. The van der Waals surface area contributed by atoms with E-state index >= 15 is 0 Å². The molecule has 52 heavy (non-hydrogen) atoms. The smallest absolute Gasteiger partial charge is 0.336 e. The number of carbonyl (C=O) groups is 1. The van der Waals surface area contributed by atoms with Crippen LogP contribution in [0.5, 0.6) is 0 Å². The summed E-state index contributed by atoms with van der Waals surface area (Å²) < 4.78 is 135. The molecule has 0 spiro atoms. The quantitative estimate of drug-likeness (QED) is 0.104. The fourth-order valence-corrected chi connectivity index (χ4v) is 9.20. The minimum absolute atomic E-state index is 0.0234. The van der Waals surface area contributed by atoms with Crippen molar-refractivity contribution in [3.05, 3.63) is 83.1 Å². The number of nitrogens with zero attached hydrogens (tertiary/aromatic N) is 2. The maximum absolute atomic E-state index is 12.3. The van der Waals surface area contributed by atoms with E-state index in [9.17, 15) is 61.8 Å². The average molecular weight is 804 g/mol. The van der Waals surface area contributed by atoms with Crippen molar-refractivity contribution in [1.82, 2.24) is 0 Å². The van der Waals surface area contributed by atoms with Crippen LogP contribution in [-0.4, -0.2) is 97.8 Å². The standard InChI is InChI=1S/C32H38N2O14S4/c1-31(2)26(34(16-10-18-50(40,41)42)24-20-21(51(43,44)45)19-22(28(24)31)30(35)36)13-6-5-7-14-27-32(3,4)29-23(11-8-12-25(29)52(46,47)48)33(27)15-9-17-49(37,38)39/h5-8,11-14,19-20H,9-10,15-18H2,1-4H3,(H4-,35,36,37,38,39,40,41,42,43,44,45,46,47,48)/p+1. The summed E-state index contributed by atoms with van der Waals surface area (Å²) in [4.78, 5) is 12.8. The molecule has 284 valence electrons. The second kappa shape index (κ2) is 14.2. The summed E-state index contributed by atoms with van der Waals surface area (Å²) in [7, 11) is -18.2. The molecule has 0 aliphatic carbocycles. The van der Waals surface area contributed by atoms with E-state index in [2.05, 4.69) is 0 Å². The van der Waals surface area contributed by atoms with Gasteiger partial charge in [0.15, 0.2) is 5.71 Å². The molecule has 2 aromatic carbocycles. The third-order valence-corrected chi connectivity index (χ3v) is 12.2. The highest BCUT2D eigenvalue weighted by atomic mass is 32.2. The average Bonchev–Trinajstić information content (AvgIpc) is 3.33. The number of carboxylic acid groups (broad SMARTS) is 1. The summed E-state index contributed by atoms with van der Waals surface area (Å²) in [5.41, 5.74) is -0.610. The predicted octanol–water partition coefficient (Wildman–Crippen LogP) is 3.60. The molecule has 20 heteroatoms. The Labute approximate surface area is 302 Å². The molecular formula is C32H39N2O14S4+. The van der Waals surface area contributed by atoms with Gasteiger partial charge in [-0.1, -0.05) is 38.1 Å². The molecule has 4 rings (SSSR count). The number of allylic oxidation sites excluding steroid dienone is 6. The Morgan fingerprint density at radius 3 is 1.96 bits per heavy atom. The maximum atomic E-state index is 12.3. The topological polar surface area (TPSA) is 261 Å². The largest absolute Gasteiger partial charge is 0.478 e. The third-order valence-electron chi connectivity index (χ3n) is 8.89. The van der Waals surface area contributed by atoms with E-state index in [1.165, 1.54) is 17.0 Å². The maximum Gasteiger partial charge on any atom is 0.336 e. The van der Waals surface area contributed by atoms with Crippen LogP contribution >= 0.6 is 0 Å². The minimum atomic E-state index is -4.86. The molecule has 0 saturated carbocycles. The van der Waals surface area contributed by atoms with E-state index < -0.39 is 79.2 Å². The van der Waals surface area contributed by atoms with Crippen LogP contribution in [0.15, 0.2) is 76.2 Å². The molecular weight excluding hydrogens is 765 g/mol. The van der Waals surface area contributed by atoms with Gasteiger partial charge in [-0.05, 0) is 44.5 Å². The number of carboxylic acids is 1. The molecule has 2 heterocycles. The molecule has 0 bridgehead atoms. The Kier molecular flexibility index (Phi) is 11.2. The van der Waals surface area contributed by atoms with Crippen LogP contribution in [0.3, 0.4) is 0 Å². The van der Waals surface area contributed by atoms with Crippen molar-refractivity contribution in [1.29, 1.82) is 0 Å². The summed E-state index contributed by atoms with van der Waals surface area (Å²) in [6.45, 7) is 6.75. The first-order chi connectivity index (χ1) is 23.7. The van der Waals surface area contributed by atoms with Gasteiger partial charge in [0.05, 0.1) is 32.9 Å². The second-order valence-corrected chi connectivity index (χ2v) is 19.2. The molecule has 0 aromatic heterocycles. The van der Waals surface area contributed by atoms with Gasteiger partial charge in [0.2, 0.25) is 5.69 Å². The lowest BCUT2D eigenvalue weighted by Gasteiger charge is -2.27. The lowest BCUT2D eigenvalue weighted by Crippen LogP contribution is -2.29. The van der Waals surface area contributed by atoms with Gasteiger partial charge in [-0.15, -0.1) is 0 Å². The van der Waals surface area contributed by atoms with Crippen molar-refractivity contribution in [2.45, 2.75) is 61.2 Å². The second-order valence-electron chi connectivity index (χ2n) is 13.3. The first-order valence-corrected chi connectivity index (χ1v) is 21.7. The summed E-state index contributed by atoms with van der Waals surface area (Å²) in [6.07, 6.45) is 7.83. The van der Waals surface area contributed by atoms with Crippen molar-refractivity contribution in [2.24, 2.45) is 0 Å². The molecule has 2 aliphatic rings. The van der Waals surface area contributed by atoms with Gasteiger partial charge in [-0.25, -0.2) is 4.79 Å². The van der Waals surface area contributed by atoms with E-state index in [1.54, 1.807) is 68.7 Å².